The molecule has 2 atom stereocenters. The number of nitrogens with zero attached hydrogens (tertiary/aromatic N) is 2. The van der Waals surface area contributed by atoms with E-state index in [0.717, 1.165) is 17.5 Å². The summed E-state index contributed by atoms with van der Waals surface area (Å²) in [6.45, 7) is 1.91. The molecule has 2 saturated carbocycles. The number of ketones is 1. The molecule has 1 heterocycles. The van der Waals surface area contributed by atoms with Crippen molar-refractivity contribution >= 4 is 38.3 Å². The minimum atomic E-state index is -4.01. The Morgan fingerprint density at radius 1 is 1.41 bits per heavy atom. The first-order valence-electron chi connectivity index (χ1n) is 9.40. The summed E-state index contributed by atoms with van der Waals surface area (Å²) in [5.74, 6) is 0.00410. The maximum Gasteiger partial charge on any atom is 0.329 e. The lowest BCUT2D eigenvalue weighted by Gasteiger charge is -2.23. The van der Waals surface area contributed by atoms with Gasteiger partial charge in [-0.25, -0.2) is 0 Å². The second-order valence-electron chi connectivity index (χ2n) is 7.83. The Labute approximate surface area is 174 Å². The van der Waals surface area contributed by atoms with Gasteiger partial charge in [-0.05, 0) is 54.7 Å². The lowest BCUT2D eigenvalue weighted by Crippen LogP contribution is -2.33. The van der Waals surface area contributed by atoms with Crippen molar-refractivity contribution in [3.05, 3.63) is 52.4 Å². The molecule has 1 aliphatic heterocycles. The normalized spacial score (nSPS) is 28.8. The summed E-state index contributed by atoms with van der Waals surface area (Å²) >= 11 is 1.20. The van der Waals surface area contributed by atoms with Crippen LogP contribution >= 0.6 is 11.8 Å². The van der Waals surface area contributed by atoms with Gasteiger partial charge in [0.25, 0.3) is 0 Å². The van der Waals surface area contributed by atoms with E-state index < -0.39 is 15.5 Å². The standard InChI is InChI=1S/C21H20N2O4S2/c1-14-4-2-3-5-16(14)18(12-22)17-7-9-28-20(17)23-27-29(25,26)13-21-8-6-15(11-21)10-19(21)24/h2-5,7,9,15H,6,8,10-11,13H2,1H3/b18-17+,23-20-. The Hall–Kier alpha value is -2.37. The van der Waals surface area contributed by atoms with E-state index >= 15 is 0 Å². The molecule has 2 fully saturated rings. The zero-order valence-electron chi connectivity index (χ0n) is 15.9. The molecule has 1 aromatic rings. The molecular weight excluding hydrogens is 408 g/mol. The fourth-order valence-electron chi connectivity index (χ4n) is 4.49. The minimum absolute atomic E-state index is 0.0254. The van der Waals surface area contributed by atoms with Gasteiger partial charge in [0.2, 0.25) is 0 Å². The molecule has 4 rings (SSSR count). The van der Waals surface area contributed by atoms with Crippen molar-refractivity contribution in [1.82, 2.24) is 0 Å². The Kier molecular flexibility index (Phi) is 5.13. The Bertz CT molecular complexity index is 1110. The number of aryl methyl sites for hydroxylation is 1. The average Bonchev–Trinajstić information content (AvgIpc) is 3.36. The molecule has 0 saturated heterocycles. The molecule has 0 amide bonds. The highest BCUT2D eigenvalue weighted by atomic mass is 32.2. The van der Waals surface area contributed by atoms with Gasteiger partial charge in [0.1, 0.15) is 22.6 Å². The van der Waals surface area contributed by atoms with Crippen molar-refractivity contribution in [2.24, 2.45) is 16.5 Å². The van der Waals surface area contributed by atoms with Crippen LogP contribution in [-0.4, -0.2) is 25.0 Å². The summed E-state index contributed by atoms with van der Waals surface area (Å²) in [6.07, 6.45) is 4.32. The van der Waals surface area contributed by atoms with Crippen LogP contribution in [0.1, 0.15) is 36.8 Å². The van der Waals surface area contributed by atoms with Crippen molar-refractivity contribution in [3.63, 3.8) is 0 Å². The molecule has 2 aliphatic carbocycles. The first-order chi connectivity index (χ1) is 13.8. The van der Waals surface area contributed by atoms with Crippen molar-refractivity contribution in [2.45, 2.75) is 32.6 Å². The van der Waals surface area contributed by atoms with E-state index in [1.165, 1.54) is 11.8 Å². The van der Waals surface area contributed by atoms with Gasteiger partial charge in [0.05, 0.1) is 5.57 Å². The molecule has 150 valence electrons. The summed E-state index contributed by atoms with van der Waals surface area (Å²) in [5.41, 5.74) is 1.83. The van der Waals surface area contributed by atoms with Crippen molar-refractivity contribution in [1.29, 1.82) is 5.26 Å². The highest BCUT2D eigenvalue weighted by Gasteiger charge is 2.54. The van der Waals surface area contributed by atoms with E-state index in [-0.39, 0.29) is 11.5 Å². The molecule has 3 aliphatic rings. The number of hydrogen-bond donors (Lipinski definition) is 0. The Balaban J connectivity index is 1.59. The molecule has 0 spiro atoms. The second kappa shape index (κ2) is 7.47. The maximum atomic E-state index is 12.5. The van der Waals surface area contributed by atoms with Gasteiger partial charge >= 0.3 is 10.1 Å². The minimum Gasteiger partial charge on any atom is -0.299 e. The van der Waals surface area contributed by atoms with Crippen LogP contribution in [0.5, 0.6) is 0 Å². The zero-order valence-corrected chi connectivity index (χ0v) is 17.6. The van der Waals surface area contributed by atoms with E-state index in [0.29, 0.717) is 41.4 Å². The van der Waals surface area contributed by atoms with Crippen molar-refractivity contribution in [3.8, 4) is 6.07 Å². The highest BCUT2D eigenvalue weighted by Crippen LogP contribution is 2.52. The number of benzene rings is 1. The lowest BCUT2D eigenvalue weighted by molar-refractivity contribution is -0.125. The molecular formula is C21H20N2O4S2. The quantitative estimate of drug-likeness (QED) is 0.520. The fourth-order valence-corrected chi connectivity index (χ4v) is 6.59. The molecule has 0 radical (unpaired) electrons. The van der Waals surface area contributed by atoms with E-state index in [4.69, 9.17) is 4.28 Å². The van der Waals surface area contributed by atoms with Gasteiger partial charge in [0.15, 0.2) is 0 Å². The van der Waals surface area contributed by atoms with Gasteiger partial charge in [-0.15, -0.1) is 0 Å². The molecule has 1 aromatic carbocycles. The van der Waals surface area contributed by atoms with Crippen LogP contribution in [0.3, 0.4) is 0 Å². The van der Waals surface area contributed by atoms with Crippen LogP contribution in [0.4, 0.5) is 0 Å². The second-order valence-corrected chi connectivity index (χ2v) is 10.3. The van der Waals surface area contributed by atoms with Crippen LogP contribution in [-0.2, 0) is 19.2 Å². The van der Waals surface area contributed by atoms with Crippen LogP contribution < -0.4 is 0 Å². The van der Waals surface area contributed by atoms with Crippen LogP contribution in [0, 0.1) is 29.6 Å². The van der Waals surface area contributed by atoms with Gasteiger partial charge < -0.3 is 0 Å². The molecule has 0 aromatic heterocycles. The van der Waals surface area contributed by atoms with E-state index in [1.54, 1.807) is 11.5 Å². The number of allylic oxidation sites excluding steroid dienone is 2. The summed E-state index contributed by atoms with van der Waals surface area (Å²) in [5, 5.41) is 15.6. The van der Waals surface area contributed by atoms with Gasteiger partial charge in [-0.1, -0.05) is 41.2 Å². The molecule has 29 heavy (non-hydrogen) atoms. The number of Topliss-reactive ketones (excluding diaryl/α,β-unsaturated/α-hetero) is 1. The van der Waals surface area contributed by atoms with E-state index in [1.807, 2.05) is 31.2 Å². The van der Waals surface area contributed by atoms with E-state index in [9.17, 15) is 18.5 Å². The zero-order chi connectivity index (χ0) is 20.6. The number of fused-ring (bicyclic) bond motifs is 2. The number of rotatable bonds is 5. The third-order valence-electron chi connectivity index (χ3n) is 5.90. The maximum absolute atomic E-state index is 12.5. The SMILES string of the molecule is Cc1ccccc1/C(C#N)=C1\C=CS\C1=N/OS(=O)(=O)CC12CCC(CC1=O)C2. The first-order valence-corrected chi connectivity index (χ1v) is 11.9. The average molecular weight is 429 g/mol. The van der Waals surface area contributed by atoms with E-state index in [2.05, 4.69) is 11.2 Å². The third-order valence-corrected chi connectivity index (χ3v) is 7.90. The topological polar surface area (TPSA) is 96.6 Å². The third kappa shape index (κ3) is 3.77. The number of hydrogen-bond acceptors (Lipinski definition) is 7. The number of carbonyl (C=O) groups is 1. The predicted octanol–water partition coefficient (Wildman–Crippen LogP) is 3.95. The largest absolute Gasteiger partial charge is 0.329 e. The lowest BCUT2D eigenvalue weighted by atomic mass is 9.85. The Morgan fingerprint density at radius 3 is 2.86 bits per heavy atom. The molecule has 0 N–H and O–H groups in total. The summed E-state index contributed by atoms with van der Waals surface area (Å²) in [4.78, 5) is 12.3. The highest BCUT2D eigenvalue weighted by molar-refractivity contribution is 8.17. The van der Waals surface area contributed by atoms with Crippen LogP contribution in [0.15, 0.2) is 46.5 Å². The number of oxime groups is 1. The monoisotopic (exact) mass is 428 g/mol. The van der Waals surface area contributed by atoms with Crippen LogP contribution in [0.25, 0.3) is 5.57 Å². The first kappa shape index (κ1) is 19.9. The van der Waals surface area contributed by atoms with Gasteiger partial charge in [-0.3, -0.25) is 9.08 Å². The molecule has 2 unspecified atom stereocenters. The van der Waals surface area contributed by atoms with Gasteiger partial charge in [0, 0.05) is 17.4 Å². The summed E-state index contributed by atoms with van der Waals surface area (Å²) in [7, 11) is -4.01. The summed E-state index contributed by atoms with van der Waals surface area (Å²) in [6, 6.07) is 9.68. The Morgan fingerprint density at radius 2 is 2.21 bits per heavy atom. The summed E-state index contributed by atoms with van der Waals surface area (Å²) < 4.78 is 30.1. The van der Waals surface area contributed by atoms with Crippen LogP contribution in [0.2, 0.25) is 0 Å². The number of carbonyl (C=O) groups excluding carboxylic acids is 1. The number of thioether (sulfide) groups is 1. The smallest absolute Gasteiger partial charge is 0.299 e. The fraction of sp³-hybridized carbons (Fsp3) is 0.381. The molecule has 6 nitrogen and oxygen atoms in total. The van der Waals surface area contributed by atoms with Crippen molar-refractivity contribution in [2.75, 3.05) is 5.75 Å². The molecule has 8 heteroatoms. The van der Waals surface area contributed by atoms with Crippen molar-refractivity contribution < 1.29 is 17.5 Å². The molecule has 2 bridgehead atoms. The van der Waals surface area contributed by atoms with Gasteiger partial charge in [-0.2, -0.15) is 13.7 Å². The number of nitriles is 1. The predicted molar refractivity (Wildman–Crippen MR) is 112 cm³/mol.